The molecular weight excluding hydrogens is 200 g/mol. The van der Waals surface area contributed by atoms with Crippen LogP contribution < -0.4 is 15.8 Å². The minimum Gasteiger partial charge on any atom is -0.493 e. The first-order valence-electron chi connectivity index (χ1n) is 5.85. The van der Waals surface area contributed by atoms with Crippen molar-refractivity contribution in [2.24, 2.45) is 5.73 Å². The van der Waals surface area contributed by atoms with Gasteiger partial charge in [0.1, 0.15) is 5.75 Å². The van der Waals surface area contributed by atoms with Gasteiger partial charge in [-0.05, 0) is 50.5 Å². The van der Waals surface area contributed by atoms with E-state index in [-0.39, 0.29) is 5.54 Å². The number of aryl methyl sites for hydroxylation is 1. The molecule has 16 heavy (non-hydrogen) atoms. The monoisotopic (exact) mass is 220 g/mol. The van der Waals surface area contributed by atoms with E-state index in [1.54, 1.807) is 0 Å². The molecule has 3 heteroatoms. The summed E-state index contributed by atoms with van der Waals surface area (Å²) in [4.78, 5) is 0. The first-order valence-corrected chi connectivity index (χ1v) is 5.85. The Morgan fingerprint density at radius 2 is 2.25 bits per heavy atom. The second-order valence-corrected chi connectivity index (χ2v) is 4.99. The van der Waals surface area contributed by atoms with Crippen molar-refractivity contribution in [2.75, 3.05) is 18.5 Å². The lowest BCUT2D eigenvalue weighted by Gasteiger charge is -2.27. The Bertz CT molecular complexity index is 374. The van der Waals surface area contributed by atoms with Crippen molar-refractivity contribution in [2.45, 2.75) is 32.2 Å². The van der Waals surface area contributed by atoms with E-state index in [1.165, 1.54) is 5.56 Å². The molecule has 0 spiro atoms. The van der Waals surface area contributed by atoms with Gasteiger partial charge in [-0.3, -0.25) is 0 Å². The third-order valence-corrected chi connectivity index (χ3v) is 2.90. The minimum atomic E-state index is -0.0657. The van der Waals surface area contributed by atoms with Crippen molar-refractivity contribution in [3.63, 3.8) is 0 Å². The van der Waals surface area contributed by atoms with Crippen LogP contribution in [0.15, 0.2) is 18.2 Å². The summed E-state index contributed by atoms with van der Waals surface area (Å²) in [5.41, 5.74) is 8.06. The summed E-state index contributed by atoms with van der Waals surface area (Å²) < 4.78 is 5.58. The van der Waals surface area contributed by atoms with E-state index >= 15 is 0 Å². The molecule has 88 valence electrons. The number of anilines is 1. The van der Waals surface area contributed by atoms with Crippen molar-refractivity contribution in [3.8, 4) is 5.75 Å². The molecule has 0 aromatic heterocycles. The topological polar surface area (TPSA) is 47.3 Å². The molecule has 1 aliphatic rings. The van der Waals surface area contributed by atoms with Crippen LogP contribution in [0.2, 0.25) is 0 Å². The highest BCUT2D eigenvalue weighted by Crippen LogP contribution is 2.28. The molecule has 0 fully saturated rings. The highest BCUT2D eigenvalue weighted by Gasteiger charge is 2.16. The maximum atomic E-state index is 5.70. The zero-order valence-corrected chi connectivity index (χ0v) is 10.0. The van der Waals surface area contributed by atoms with Crippen LogP contribution in [0.5, 0.6) is 5.75 Å². The van der Waals surface area contributed by atoms with Crippen molar-refractivity contribution in [1.82, 2.24) is 0 Å². The van der Waals surface area contributed by atoms with Gasteiger partial charge in [-0.1, -0.05) is 0 Å². The summed E-state index contributed by atoms with van der Waals surface area (Å²) in [6.07, 6.45) is 2.21. The van der Waals surface area contributed by atoms with Crippen LogP contribution in [0, 0.1) is 0 Å². The zero-order chi connectivity index (χ0) is 11.6. The molecule has 0 saturated carbocycles. The van der Waals surface area contributed by atoms with Crippen molar-refractivity contribution >= 4 is 5.69 Å². The van der Waals surface area contributed by atoms with Crippen molar-refractivity contribution < 1.29 is 4.74 Å². The van der Waals surface area contributed by atoms with E-state index in [1.807, 2.05) is 6.07 Å². The highest BCUT2D eigenvalue weighted by molar-refractivity contribution is 5.53. The number of rotatable bonds is 3. The van der Waals surface area contributed by atoms with E-state index in [0.29, 0.717) is 6.54 Å². The van der Waals surface area contributed by atoms with Crippen LogP contribution in [0.25, 0.3) is 0 Å². The second kappa shape index (κ2) is 4.34. The van der Waals surface area contributed by atoms with E-state index in [9.17, 15) is 0 Å². The SMILES string of the molecule is CC(C)(CN)Nc1ccc2c(c1)CCCO2. The summed E-state index contributed by atoms with van der Waals surface area (Å²) in [5, 5.41) is 3.44. The third kappa shape index (κ3) is 2.47. The van der Waals surface area contributed by atoms with Gasteiger partial charge in [0, 0.05) is 17.8 Å². The quantitative estimate of drug-likeness (QED) is 0.820. The number of hydrogen-bond acceptors (Lipinski definition) is 3. The lowest BCUT2D eigenvalue weighted by Crippen LogP contribution is -2.39. The Balaban J connectivity index is 2.17. The predicted octanol–water partition coefficient (Wildman–Crippen LogP) is 2.16. The molecular formula is C13H20N2O. The Morgan fingerprint density at radius 1 is 1.44 bits per heavy atom. The molecule has 0 bridgehead atoms. The first kappa shape index (κ1) is 11.3. The van der Waals surface area contributed by atoms with Gasteiger partial charge < -0.3 is 15.8 Å². The smallest absolute Gasteiger partial charge is 0.122 e. The van der Waals surface area contributed by atoms with Crippen LogP contribution in [0.3, 0.4) is 0 Å². The molecule has 1 aromatic rings. The minimum absolute atomic E-state index is 0.0657. The maximum Gasteiger partial charge on any atom is 0.122 e. The molecule has 0 unspecified atom stereocenters. The number of nitrogens with one attached hydrogen (secondary N) is 1. The second-order valence-electron chi connectivity index (χ2n) is 4.99. The molecule has 2 rings (SSSR count). The summed E-state index contributed by atoms with van der Waals surface area (Å²) in [7, 11) is 0. The standard InChI is InChI=1S/C13H20N2O/c1-13(2,9-14)15-11-5-6-12-10(8-11)4-3-7-16-12/h5-6,8,15H,3-4,7,9,14H2,1-2H3. The first-order chi connectivity index (χ1) is 7.61. The molecule has 3 nitrogen and oxygen atoms in total. The van der Waals surface area contributed by atoms with Gasteiger partial charge in [0.05, 0.1) is 6.61 Å². The van der Waals surface area contributed by atoms with Gasteiger partial charge in [-0.25, -0.2) is 0 Å². The number of nitrogens with two attached hydrogens (primary N) is 1. The van der Waals surface area contributed by atoms with Crippen LogP contribution in [0.4, 0.5) is 5.69 Å². The fraction of sp³-hybridized carbons (Fsp3) is 0.538. The Morgan fingerprint density at radius 3 is 3.00 bits per heavy atom. The van der Waals surface area contributed by atoms with Crippen molar-refractivity contribution in [3.05, 3.63) is 23.8 Å². The fourth-order valence-electron chi connectivity index (χ4n) is 1.88. The predicted molar refractivity (Wildman–Crippen MR) is 67.0 cm³/mol. The molecule has 0 atom stereocenters. The average Bonchev–Trinajstić information content (AvgIpc) is 2.28. The highest BCUT2D eigenvalue weighted by atomic mass is 16.5. The van der Waals surface area contributed by atoms with Crippen LogP contribution in [-0.2, 0) is 6.42 Å². The van der Waals surface area contributed by atoms with Gasteiger partial charge in [0.25, 0.3) is 0 Å². The van der Waals surface area contributed by atoms with Crippen LogP contribution in [-0.4, -0.2) is 18.7 Å². The fourth-order valence-corrected chi connectivity index (χ4v) is 1.88. The Labute approximate surface area is 97.0 Å². The average molecular weight is 220 g/mol. The molecule has 1 heterocycles. The molecule has 1 aliphatic heterocycles. The van der Waals surface area contributed by atoms with Crippen LogP contribution in [0.1, 0.15) is 25.8 Å². The Kier molecular flexibility index (Phi) is 3.06. The normalized spacial score (nSPS) is 15.2. The van der Waals surface area contributed by atoms with E-state index < -0.39 is 0 Å². The zero-order valence-electron chi connectivity index (χ0n) is 10.0. The number of hydrogen-bond donors (Lipinski definition) is 2. The third-order valence-electron chi connectivity index (χ3n) is 2.90. The van der Waals surface area contributed by atoms with Crippen molar-refractivity contribution in [1.29, 1.82) is 0 Å². The summed E-state index contributed by atoms with van der Waals surface area (Å²) in [6, 6.07) is 6.27. The number of ether oxygens (including phenoxy) is 1. The summed E-state index contributed by atoms with van der Waals surface area (Å²) >= 11 is 0. The largest absolute Gasteiger partial charge is 0.493 e. The van der Waals surface area contributed by atoms with Gasteiger partial charge in [-0.15, -0.1) is 0 Å². The number of fused-ring (bicyclic) bond motifs is 1. The van der Waals surface area contributed by atoms with Crippen LogP contribution >= 0.6 is 0 Å². The van der Waals surface area contributed by atoms with Gasteiger partial charge >= 0.3 is 0 Å². The molecule has 1 aromatic carbocycles. The summed E-state index contributed by atoms with van der Waals surface area (Å²) in [6.45, 7) is 5.65. The number of benzene rings is 1. The van der Waals surface area contributed by atoms with Gasteiger partial charge in [0.15, 0.2) is 0 Å². The summed E-state index contributed by atoms with van der Waals surface area (Å²) in [5.74, 6) is 1.03. The molecule has 0 saturated heterocycles. The van der Waals surface area contributed by atoms with E-state index in [4.69, 9.17) is 10.5 Å². The van der Waals surface area contributed by atoms with Gasteiger partial charge in [0.2, 0.25) is 0 Å². The lowest BCUT2D eigenvalue weighted by molar-refractivity contribution is 0.288. The van der Waals surface area contributed by atoms with E-state index in [2.05, 4.69) is 31.3 Å². The lowest BCUT2D eigenvalue weighted by atomic mass is 10.0. The maximum absolute atomic E-state index is 5.70. The molecule has 0 radical (unpaired) electrons. The molecule has 0 amide bonds. The molecule has 3 N–H and O–H groups in total. The molecule has 0 aliphatic carbocycles. The van der Waals surface area contributed by atoms with Gasteiger partial charge in [-0.2, -0.15) is 0 Å². The van der Waals surface area contributed by atoms with E-state index in [0.717, 1.165) is 30.9 Å². The Hall–Kier alpha value is -1.22.